The van der Waals surface area contributed by atoms with Crippen LogP contribution in [0.15, 0.2) is 0 Å². The number of rotatable bonds is 16. The van der Waals surface area contributed by atoms with Gasteiger partial charge in [0, 0.05) is 0 Å². The predicted molar refractivity (Wildman–Crippen MR) is 87.6 cm³/mol. The molecule has 112 valence electrons. The molecule has 0 aromatic rings. The van der Waals surface area contributed by atoms with E-state index in [0.717, 1.165) is 12.0 Å². The zero-order valence-corrected chi connectivity index (χ0v) is 14.1. The Hall–Kier alpha value is -0.113. The van der Waals surface area contributed by atoms with Gasteiger partial charge in [0.05, 0.1) is 5.91 Å². The van der Waals surface area contributed by atoms with Crippen LogP contribution < -0.4 is 0 Å². The molecule has 0 rings (SSSR count). The Morgan fingerprint density at radius 3 is 1.37 bits per heavy atom. The molecule has 0 saturated heterocycles. The molecule has 0 atom stereocenters. The largest absolute Gasteiger partial charge is 0.310 e. The Balaban J connectivity index is 2.89. The lowest BCUT2D eigenvalue weighted by Gasteiger charge is -2.02. The maximum atomic E-state index is 10.2. The summed E-state index contributed by atoms with van der Waals surface area (Å²) in [4.78, 5) is 10.2. The van der Waals surface area contributed by atoms with Crippen LogP contribution in [-0.4, -0.2) is 15.4 Å². The van der Waals surface area contributed by atoms with E-state index >= 15 is 0 Å². The van der Waals surface area contributed by atoms with Crippen LogP contribution in [0.5, 0.6) is 0 Å². The van der Waals surface area contributed by atoms with E-state index in [4.69, 9.17) is 0 Å². The number of hydrogen-bond donors (Lipinski definition) is 0. The SMILES string of the molecule is CCCCCCCCCCCCCCCC[Si]C=O. The highest BCUT2D eigenvalue weighted by Crippen LogP contribution is 2.13. The van der Waals surface area contributed by atoms with Gasteiger partial charge in [-0.15, -0.1) is 0 Å². The third kappa shape index (κ3) is 17.9. The second-order valence-corrected chi connectivity index (χ2v) is 6.81. The van der Waals surface area contributed by atoms with Crippen molar-refractivity contribution in [2.75, 3.05) is 0 Å². The van der Waals surface area contributed by atoms with Gasteiger partial charge in [-0.2, -0.15) is 0 Å². The van der Waals surface area contributed by atoms with Gasteiger partial charge < -0.3 is 4.79 Å². The Kier molecular flexibility index (Phi) is 17.8. The Morgan fingerprint density at radius 2 is 1.00 bits per heavy atom. The van der Waals surface area contributed by atoms with Gasteiger partial charge in [-0.3, -0.25) is 0 Å². The van der Waals surface area contributed by atoms with Crippen molar-refractivity contribution in [1.29, 1.82) is 0 Å². The van der Waals surface area contributed by atoms with Gasteiger partial charge in [0.25, 0.3) is 0 Å². The fraction of sp³-hybridized carbons (Fsp3) is 0.941. The number of carbonyl (C=O) groups is 1. The minimum absolute atomic E-state index is 0.546. The molecule has 0 bridgehead atoms. The molecule has 2 radical (unpaired) electrons. The Morgan fingerprint density at radius 1 is 0.632 bits per heavy atom. The van der Waals surface area contributed by atoms with E-state index in [1.54, 1.807) is 0 Å². The average Bonchev–Trinajstić information content (AvgIpc) is 2.43. The maximum absolute atomic E-state index is 10.2. The van der Waals surface area contributed by atoms with Crippen molar-refractivity contribution in [3.05, 3.63) is 0 Å². The fourth-order valence-electron chi connectivity index (χ4n) is 2.48. The molecule has 1 nitrogen and oxygen atoms in total. The van der Waals surface area contributed by atoms with Crippen molar-refractivity contribution in [2.45, 2.75) is 103 Å². The summed E-state index contributed by atoms with van der Waals surface area (Å²) in [7, 11) is 0.546. The van der Waals surface area contributed by atoms with Gasteiger partial charge in [-0.05, 0) is 0 Å². The third-order valence-corrected chi connectivity index (χ3v) is 4.57. The normalized spacial score (nSPS) is 10.8. The first-order valence-electron chi connectivity index (χ1n) is 8.59. The lowest BCUT2D eigenvalue weighted by molar-refractivity contribution is 0.538. The van der Waals surface area contributed by atoms with Crippen molar-refractivity contribution >= 4 is 15.4 Å². The third-order valence-electron chi connectivity index (χ3n) is 3.76. The predicted octanol–water partition coefficient (Wildman–Crippen LogP) is 5.78. The molecule has 0 unspecified atom stereocenters. The zero-order valence-electron chi connectivity index (χ0n) is 13.1. The van der Waals surface area contributed by atoms with E-state index in [-0.39, 0.29) is 0 Å². The summed E-state index contributed by atoms with van der Waals surface area (Å²) in [6, 6.07) is 1.13. The van der Waals surface area contributed by atoms with Gasteiger partial charge in [0.1, 0.15) is 9.52 Å². The molecule has 0 fully saturated rings. The number of unbranched alkanes of at least 4 members (excludes halogenated alkanes) is 13. The topological polar surface area (TPSA) is 17.1 Å². The van der Waals surface area contributed by atoms with Crippen molar-refractivity contribution in [2.24, 2.45) is 0 Å². The van der Waals surface area contributed by atoms with Gasteiger partial charge in [-0.1, -0.05) is 103 Å². The smallest absolute Gasteiger partial charge is 0.128 e. The summed E-state index contributed by atoms with van der Waals surface area (Å²) in [5, 5.41) is 0. The molecule has 0 heterocycles. The number of hydrogen-bond acceptors (Lipinski definition) is 1. The van der Waals surface area contributed by atoms with Crippen LogP contribution in [0.1, 0.15) is 96.8 Å². The van der Waals surface area contributed by atoms with Crippen molar-refractivity contribution < 1.29 is 4.79 Å². The molecule has 19 heavy (non-hydrogen) atoms. The van der Waals surface area contributed by atoms with Crippen LogP contribution in [0.2, 0.25) is 6.04 Å². The van der Waals surface area contributed by atoms with Crippen LogP contribution in [0.3, 0.4) is 0 Å². The van der Waals surface area contributed by atoms with E-state index in [1.165, 1.54) is 89.9 Å². The molecular formula is C17H34OSi. The minimum atomic E-state index is 0.546. The van der Waals surface area contributed by atoms with Crippen molar-refractivity contribution in [3.8, 4) is 0 Å². The molecule has 2 heteroatoms. The van der Waals surface area contributed by atoms with Gasteiger partial charge in [0.2, 0.25) is 0 Å². The Bertz CT molecular complexity index is 171. The average molecular weight is 283 g/mol. The molecule has 0 aromatic carbocycles. The highest BCUT2D eigenvalue weighted by Gasteiger charge is 1.94. The van der Waals surface area contributed by atoms with Crippen LogP contribution in [0.25, 0.3) is 0 Å². The zero-order chi connectivity index (χ0) is 14.0. The molecule has 0 saturated carbocycles. The molecule has 0 spiro atoms. The molecular weight excluding hydrogens is 248 g/mol. The monoisotopic (exact) mass is 282 g/mol. The first-order chi connectivity index (χ1) is 9.41. The van der Waals surface area contributed by atoms with Gasteiger partial charge in [-0.25, -0.2) is 0 Å². The summed E-state index contributed by atoms with van der Waals surface area (Å²) >= 11 is 0. The number of carbonyl (C=O) groups excluding carboxylic acids is 1. The second kappa shape index (κ2) is 17.9. The lowest BCUT2D eigenvalue weighted by atomic mass is 10.0. The highest BCUT2D eigenvalue weighted by atomic mass is 28.2. The van der Waals surface area contributed by atoms with E-state index in [2.05, 4.69) is 6.92 Å². The van der Waals surface area contributed by atoms with Crippen LogP contribution in [-0.2, 0) is 4.79 Å². The van der Waals surface area contributed by atoms with E-state index in [9.17, 15) is 4.79 Å². The first kappa shape index (κ1) is 18.9. The van der Waals surface area contributed by atoms with Crippen molar-refractivity contribution in [3.63, 3.8) is 0 Å². The summed E-state index contributed by atoms with van der Waals surface area (Å²) in [5.74, 6) is 1.07. The standard InChI is InChI=1S/C17H34OSi/c1-2-3-4-5-6-7-8-9-10-11-12-13-14-15-16-19-17-18/h17H,2-16H2,1H3. The molecule has 0 aliphatic heterocycles. The van der Waals surface area contributed by atoms with Gasteiger partial charge in [0.15, 0.2) is 0 Å². The van der Waals surface area contributed by atoms with Crippen LogP contribution in [0, 0.1) is 0 Å². The van der Waals surface area contributed by atoms with Gasteiger partial charge >= 0.3 is 0 Å². The van der Waals surface area contributed by atoms with E-state index < -0.39 is 0 Å². The minimum Gasteiger partial charge on any atom is -0.310 e. The van der Waals surface area contributed by atoms with Crippen molar-refractivity contribution in [1.82, 2.24) is 0 Å². The summed E-state index contributed by atoms with van der Waals surface area (Å²) in [5.41, 5.74) is 0. The summed E-state index contributed by atoms with van der Waals surface area (Å²) in [6.45, 7) is 2.28. The maximum Gasteiger partial charge on any atom is 0.128 e. The fourth-order valence-corrected chi connectivity index (χ4v) is 3.05. The molecule has 0 aliphatic rings. The van der Waals surface area contributed by atoms with Crippen LogP contribution >= 0.6 is 0 Å². The van der Waals surface area contributed by atoms with E-state index in [1.807, 2.05) is 0 Å². The van der Waals surface area contributed by atoms with Crippen LogP contribution in [0.4, 0.5) is 0 Å². The molecule has 0 aliphatic carbocycles. The molecule has 0 aromatic heterocycles. The van der Waals surface area contributed by atoms with E-state index in [0.29, 0.717) is 9.52 Å². The second-order valence-electron chi connectivity index (χ2n) is 5.67. The molecule has 0 N–H and O–H groups in total. The molecule has 0 amide bonds. The summed E-state index contributed by atoms with van der Waals surface area (Å²) in [6.07, 6.45) is 19.7. The first-order valence-corrected chi connectivity index (χ1v) is 9.87. The highest BCUT2D eigenvalue weighted by molar-refractivity contribution is 6.66. The quantitative estimate of drug-likeness (QED) is 0.199. The lowest BCUT2D eigenvalue weighted by Crippen LogP contribution is -1.90. The Labute approximate surface area is 123 Å². The summed E-state index contributed by atoms with van der Waals surface area (Å²) < 4.78 is 0.